The zero-order chi connectivity index (χ0) is 10.7. The average molecular weight is 182 g/mol. The SMILES string of the molecule is C=C/C=C(\C=C)C(=O)COC.CC. The fraction of sp³-hybridized carbons (Fsp3) is 0.364. The number of carbonyl (C=O) groups excluding carboxylic acids is 1. The van der Waals surface area contributed by atoms with Gasteiger partial charge in [-0.15, -0.1) is 0 Å². The topological polar surface area (TPSA) is 26.3 Å². The lowest BCUT2D eigenvalue weighted by Crippen LogP contribution is -2.07. The zero-order valence-electron chi connectivity index (χ0n) is 8.67. The lowest BCUT2D eigenvalue weighted by atomic mass is 10.1. The summed E-state index contributed by atoms with van der Waals surface area (Å²) in [5.74, 6) is -0.0811. The number of ketones is 1. The van der Waals surface area contributed by atoms with Gasteiger partial charge in [0.25, 0.3) is 0 Å². The number of Topliss-reactive ketones (excluding diaryl/α,β-unsaturated/α-hetero) is 1. The van der Waals surface area contributed by atoms with Gasteiger partial charge in [0, 0.05) is 12.7 Å². The molecule has 0 aromatic carbocycles. The van der Waals surface area contributed by atoms with Crippen LogP contribution < -0.4 is 0 Å². The van der Waals surface area contributed by atoms with Gasteiger partial charge in [0.2, 0.25) is 0 Å². The summed E-state index contributed by atoms with van der Waals surface area (Å²) in [5, 5.41) is 0. The van der Waals surface area contributed by atoms with Crippen LogP contribution in [0.15, 0.2) is 37.0 Å². The van der Waals surface area contributed by atoms with E-state index >= 15 is 0 Å². The van der Waals surface area contributed by atoms with Crippen LogP contribution in [0, 0.1) is 0 Å². The van der Waals surface area contributed by atoms with E-state index in [-0.39, 0.29) is 12.4 Å². The first kappa shape index (κ1) is 14.4. The second kappa shape index (κ2) is 10.8. The van der Waals surface area contributed by atoms with Crippen molar-refractivity contribution in [2.75, 3.05) is 13.7 Å². The van der Waals surface area contributed by atoms with E-state index in [1.165, 1.54) is 13.2 Å². The molecule has 0 fully saturated rings. The maximum atomic E-state index is 11.1. The van der Waals surface area contributed by atoms with Gasteiger partial charge in [-0.05, 0) is 0 Å². The van der Waals surface area contributed by atoms with Gasteiger partial charge in [0.1, 0.15) is 6.61 Å². The third-order valence-electron chi connectivity index (χ3n) is 1.11. The maximum Gasteiger partial charge on any atom is 0.188 e. The van der Waals surface area contributed by atoms with E-state index in [1.54, 1.807) is 12.2 Å². The lowest BCUT2D eigenvalue weighted by molar-refractivity contribution is -0.118. The van der Waals surface area contributed by atoms with Crippen LogP contribution in [0.5, 0.6) is 0 Å². The van der Waals surface area contributed by atoms with Gasteiger partial charge < -0.3 is 4.74 Å². The average Bonchev–Trinajstić information content (AvgIpc) is 2.17. The molecular formula is C11H18O2. The van der Waals surface area contributed by atoms with E-state index in [2.05, 4.69) is 17.9 Å². The molecule has 2 heteroatoms. The third-order valence-corrected chi connectivity index (χ3v) is 1.11. The Kier molecular flexibility index (Phi) is 12.0. The van der Waals surface area contributed by atoms with E-state index in [0.29, 0.717) is 5.57 Å². The van der Waals surface area contributed by atoms with Gasteiger partial charge >= 0.3 is 0 Å². The van der Waals surface area contributed by atoms with Gasteiger partial charge in [-0.25, -0.2) is 0 Å². The highest BCUT2D eigenvalue weighted by molar-refractivity contribution is 5.99. The Hall–Kier alpha value is -1.15. The number of allylic oxidation sites excluding steroid dienone is 3. The molecule has 0 heterocycles. The van der Waals surface area contributed by atoms with Crippen LogP contribution in [-0.4, -0.2) is 19.5 Å². The molecule has 0 spiro atoms. The van der Waals surface area contributed by atoms with Crippen molar-refractivity contribution in [3.8, 4) is 0 Å². The summed E-state index contributed by atoms with van der Waals surface area (Å²) in [6, 6.07) is 0. The molecule has 0 radical (unpaired) electrons. The number of methoxy groups -OCH3 is 1. The third kappa shape index (κ3) is 7.22. The molecule has 74 valence electrons. The van der Waals surface area contributed by atoms with Crippen molar-refractivity contribution >= 4 is 5.78 Å². The number of hydrogen-bond donors (Lipinski definition) is 0. The number of rotatable bonds is 5. The molecule has 0 saturated carbocycles. The summed E-state index contributed by atoms with van der Waals surface area (Å²) in [6.45, 7) is 11.1. The first-order valence-corrected chi connectivity index (χ1v) is 4.23. The van der Waals surface area contributed by atoms with Crippen LogP contribution >= 0.6 is 0 Å². The number of hydrogen-bond acceptors (Lipinski definition) is 2. The van der Waals surface area contributed by atoms with Crippen molar-refractivity contribution in [2.45, 2.75) is 13.8 Å². The molecule has 0 unspecified atom stereocenters. The Morgan fingerprint density at radius 2 is 1.92 bits per heavy atom. The molecule has 0 saturated heterocycles. The quantitative estimate of drug-likeness (QED) is 0.482. The lowest BCUT2D eigenvalue weighted by Gasteiger charge is -1.97. The minimum atomic E-state index is -0.0811. The Morgan fingerprint density at radius 1 is 1.38 bits per heavy atom. The first-order valence-electron chi connectivity index (χ1n) is 4.23. The number of ether oxygens (including phenoxy) is 1. The summed E-state index contributed by atoms with van der Waals surface area (Å²) in [6.07, 6.45) is 4.64. The standard InChI is InChI=1S/C9H12O2.C2H6/c1-4-6-8(5-2)9(10)7-11-3;1-2/h4-6H,1-2,7H2,3H3;1-2H3/b8-6+;. The Balaban J connectivity index is 0. The summed E-state index contributed by atoms with van der Waals surface area (Å²) in [5.41, 5.74) is 0.529. The predicted octanol–water partition coefficient (Wildman–Crippen LogP) is 2.53. The van der Waals surface area contributed by atoms with Crippen LogP contribution in [0.1, 0.15) is 13.8 Å². The van der Waals surface area contributed by atoms with Crippen LogP contribution in [0.4, 0.5) is 0 Å². The second-order valence-electron chi connectivity index (χ2n) is 1.92. The van der Waals surface area contributed by atoms with Crippen molar-refractivity contribution < 1.29 is 9.53 Å². The minimum Gasteiger partial charge on any atom is -0.377 e. The monoisotopic (exact) mass is 182 g/mol. The highest BCUT2D eigenvalue weighted by Crippen LogP contribution is 1.97. The fourth-order valence-corrected chi connectivity index (χ4v) is 0.616. The van der Waals surface area contributed by atoms with Gasteiger partial charge in [-0.1, -0.05) is 45.2 Å². The normalized spacial score (nSPS) is 9.62. The summed E-state index contributed by atoms with van der Waals surface area (Å²) in [4.78, 5) is 11.1. The molecule has 0 rings (SSSR count). The molecule has 0 aliphatic heterocycles. The molecule has 0 aromatic rings. The summed E-state index contributed by atoms with van der Waals surface area (Å²) in [7, 11) is 1.48. The van der Waals surface area contributed by atoms with E-state index < -0.39 is 0 Å². The van der Waals surface area contributed by atoms with E-state index in [1.807, 2.05) is 13.8 Å². The second-order valence-corrected chi connectivity index (χ2v) is 1.92. The highest BCUT2D eigenvalue weighted by atomic mass is 16.5. The van der Waals surface area contributed by atoms with Crippen molar-refractivity contribution in [3.05, 3.63) is 37.0 Å². The smallest absolute Gasteiger partial charge is 0.188 e. The molecule has 0 atom stereocenters. The van der Waals surface area contributed by atoms with E-state index in [9.17, 15) is 4.79 Å². The van der Waals surface area contributed by atoms with E-state index in [0.717, 1.165) is 0 Å². The molecular weight excluding hydrogens is 164 g/mol. The van der Waals surface area contributed by atoms with Crippen LogP contribution in [0.2, 0.25) is 0 Å². The maximum absolute atomic E-state index is 11.1. The first-order chi connectivity index (χ1) is 6.26. The van der Waals surface area contributed by atoms with Gasteiger partial charge in [0.05, 0.1) is 0 Å². The van der Waals surface area contributed by atoms with Crippen molar-refractivity contribution in [1.82, 2.24) is 0 Å². The van der Waals surface area contributed by atoms with Crippen LogP contribution in [0.25, 0.3) is 0 Å². The van der Waals surface area contributed by atoms with Crippen LogP contribution in [-0.2, 0) is 9.53 Å². The summed E-state index contributed by atoms with van der Waals surface area (Å²) >= 11 is 0. The van der Waals surface area contributed by atoms with Crippen molar-refractivity contribution in [3.63, 3.8) is 0 Å². The van der Waals surface area contributed by atoms with Crippen molar-refractivity contribution in [1.29, 1.82) is 0 Å². The number of carbonyl (C=O) groups is 1. The largest absolute Gasteiger partial charge is 0.377 e. The Bertz CT molecular complexity index is 190. The predicted molar refractivity (Wildman–Crippen MR) is 56.7 cm³/mol. The molecule has 0 aliphatic rings. The molecule has 0 aliphatic carbocycles. The summed E-state index contributed by atoms with van der Waals surface area (Å²) < 4.78 is 4.66. The minimum absolute atomic E-state index is 0.0811. The molecule has 0 bridgehead atoms. The molecule has 0 aromatic heterocycles. The van der Waals surface area contributed by atoms with Crippen LogP contribution in [0.3, 0.4) is 0 Å². The Labute approximate surface area is 80.6 Å². The van der Waals surface area contributed by atoms with E-state index in [4.69, 9.17) is 0 Å². The Morgan fingerprint density at radius 3 is 2.23 bits per heavy atom. The van der Waals surface area contributed by atoms with Gasteiger partial charge in [-0.3, -0.25) is 4.79 Å². The zero-order valence-corrected chi connectivity index (χ0v) is 8.67. The highest BCUT2D eigenvalue weighted by Gasteiger charge is 2.02. The molecule has 0 N–H and O–H groups in total. The fourth-order valence-electron chi connectivity index (χ4n) is 0.616. The molecule has 13 heavy (non-hydrogen) atoms. The van der Waals surface area contributed by atoms with Gasteiger partial charge in [0.15, 0.2) is 5.78 Å². The molecule has 2 nitrogen and oxygen atoms in total. The van der Waals surface area contributed by atoms with Gasteiger partial charge in [-0.2, -0.15) is 0 Å². The molecule has 0 amide bonds. The van der Waals surface area contributed by atoms with Crippen molar-refractivity contribution in [2.24, 2.45) is 0 Å².